The van der Waals surface area contributed by atoms with E-state index in [4.69, 9.17) is 26.9 Å². The summed E-state index contributed by atoms with van der Waals surface area (Å²) >= 11 is 5.70. The number of carbonyl (C=O) groups is 1. The maximum Gasteiger partial charge on any atom is 0.337 e. The standard InChI is InChI=1S/C11H14ClNO6S/c1-11(5-14,6-15)13-20(18,19)7-2-3-8(10(16)17)9(12)4-7/h2-4,13-15H,5-6H2,1H3,(H,16,17). The van der Waals surface area contributed by atoms with Crippen LogP contribution in [0, 0.1) is 0 Å². The molecule has 0 saturated heterocycles. The number of hydrogen-bond donors (Lipinski definition) is 4. The molecule has 0 aliphatic carbocycles. The monoisotopic (exact) mass is 323 g/mol. The van der Waals surface area contributed by atoms with Crippen LogP contribution in [-0.2, 0) is 10.0 Å². The van der Waals surface area contributed by atoms with E-state index in [1.54, 1.807) is 0 Å². The fourth-order valence-corrected chi connectivity index (χ4v) is 3.08. The normalized spacial score (nSPS) is 12.4. The molecule has 112 valence electrons. The molecule has 7 nitrogen and oxygen atoms in total. The molecule has 0 heterocycles. The van der Waals surface area contributed by atoms with Gasteiger partial charge in [0.15, 0.2) is 0 Å². The van der Waals surface area contributed by atoms with Crippen molar-refractivity contribution in [3.63, 3.8) is 0 Å². The van der Waals surface area contributed by atoms with Crippen LogP contribution in [0.15, 0.2) is 23.1 Å². The molecular formula is C11H14ClNO6S. The lowest BCUT2D eigenvalue weighted by Crippen LogP contribution is -2.51. The SMILES string of the molecule is CC(CO)(CO)NS(=O)(=O)c1ccc(C(=O)O)c(Cl)c1. The first-order chi connectivity index (χ1) is 9.15. The van der Waals surface area contributed by atoms with E-state index in [1.807, 2.05) is 0 Å². The highest BCUT2D eigenvalue weighted by molar-refractivity contribution is 7.89. The van der Waals surface area contributed by atoms with Crippen LogP contribution < -0.4 is 4.72 Å². The molecule has 0 aliphatic rings. The molecule has 4 N–H and O–H groups in total. The van der Waals surface area contributed by atoms with E-state index in [0.29, 0.717) is 0 Å². The molecule has 20 heavy (non-hydrogen) atoms. The van der Waals surface area contributed by atoms with E-state index >= 15 is 0 Å². The van der Waals surface area contributed by atoms with E-state index in [2.05, 4.69) is 4.72 Å². The summed E-state index contributed by atoms with van der Waals surface area (Å²) in [5.74, 6) is -1.28. The van der Waals surface area contributed by atoms with Crippen LogP contribution in [0.3, 0.4) is 0 Å². The lowest BCUT2D eigenvalue weighted by molar-refractivity contribution is 0.0697. The largest absolute Gasteiger partial charge is 0.478 e. The smallest absolute Gasteiger partial charge is 0.337 e. The van der Waals surface area contributed by atoms with Gasteiger partial charge in [0.2, 0.25) is 10.0 Å². The molecule has 1 aromatic carbocycles. The number of rotatable bonds is 6. The highest BCUT2D eigenvalue weighted by Gasteiger charge is 2.30. The lowest BCUT2D eigenvalue weighted by atomic mass is 10.1. The summed E-state index contributed by atoms with van der Waals surface area (Å²) in [5.41, 5.74) is -1.66. The first kappa shape index (κ1) is 16.9. The minimum Gasteiger partial charge on any atom is -0.478 e. The van der Waals surface area contributed by atoms with Gasteiger partial charge in [0, 0.05) is 0 Å². The molecular weight excluding hydrogens is 310 g/mol. The molecule has 0 saturated carbocycles. The Morgan fingerprint density at radius 1 is 1.35 bits per heavy atom. The third-order valence-corrected chi connectivity index (χ3v) is 4.51. The summed E-state index contributed by atoms with van der Waals surface area (Å²) in [7, 11) is -4.05. The molecule has 0 aromatic heterocycles. The molecule has 0 radical (unpaired) electrons. The van der Waals surface area contributed by atoms with Gasteiger partial charge in [-0.05, 0) is 25.1 Å². The van der Waals surface area contributed by atoms with Crippen LogP contribution in [0.4, 0.5) is 0 Å². The minimum absolute atomic E-state index is 0.224. The van der Waals surface area contributed by atoms with Crippen molar-refractivity contribution < 1.29 is 28.5 Å². The van der Waals surface area contributed by atoms with E-state index in [-0.39, 0.29) is 15.5 Å². The molecule has 1 rings (SSSR count). The Hall–Kier alpha value is -1.19. The quantitative estimate of drug-likeness (QED) is 0.587. The van der Waals surface area contributed by atoms with Crippen molar-refractivity contribution in [2.75, 3.05) is 13.2 Å². The number of hydrogen-bond acceptors (Lipinski definition) is 5. The van der Waals surface area contributed by atoms with Crippen LogP contribution in [0.5, 0.6) is 0 Å². The van der Waals surface area contributed by atoms with Gasteiger partial charge in [0.1, 0.15) is 0 Å². The van der Waals surface area contributed by atoms with Crippen LogP contribution >= 0.6 is 11.6 Å². The summed E-state index contributed by atoms with van der Waals surface area (Å²) in [6.45, 7) is 0.102. The number of sulfonamides is 1. The van der Waals surface area contributed by atoms with Crippen molar-refractivity contribution in [3.8, 4) is 0 Å². The van der Waals surface area contributed by atoms with Gasteiger partial charge in [-0.15, -0.1) is 0 Å². The number of aliphatic hydroxyl groups excluding tert-OH is 2. The zero-order chi connectivity index (χ0) is 15.6. The lowest BCUT2D eigenvalue weighted by Gasteiger charge is -2.25. The molecule has 0 fully saturated rings. The fraction of sp³-hybridized carbons (Fsp3) is 0.364. The number of aliphatic hydroxyl groups is 2. The maximum absolute atomic E-state index is 12.1. The van der Waals surface area contributed by atoms with E-state index < -0.39 is 34.7 Å². The van der Waals surface area contributed by atoms with E-state index in [1.165, 1.54) is 6.92 Å². The van der Waals surface area contributed by atoms with Crippen LogP contribution in [-0.4, -0.2) is 48.5 Å². The molecule has 0 spiro atoms. The second kappa shape index (κ2) is 6.06. The summed E-state index contributed by atoms with van der Waals surface area (Å²) in [4.78, 5) is 10.5. The second-order valence-electron chi connectivity index (χ2n) is 4.43. The van der Waals surface area contributed by atoms with Crippen LogP contribution in [0.1, 0.15) is 17.3 Å². The Morgan fingerprint density at radius 2 is 1.90 bits per heavy atom. The van der Waals surface area contributed by atoms with Gasteiger partial charge in [-0.25, -0.2) is 17.9 Å². The van der Waals surface area contributed by atoms with Gasteiger partial charge in [-0.2, -0.15) is 0 Å². The van der Waals surface area contributed by atoms with Crippen LogP contribution in [0.2, 0.25) is 5.02 Å². The Labute approximate surface area is 120 Å². The summed E-state index contributed by atoms with van der Waals surface area (Å²) in [6, 6.07) is 3.13. The van der Waals surface area contributed by atoms with Gasteiger partial charge in [0.05, 0.1) is 34.2 Å². The molecule has 1 aromatic rings. The fourth-order valence-electron chi connectivity index (χ4n) is 1.33. The van der Waals surface area contributed by atoms with Gasteiger partial charge >= 0.3 is 5.97 Å². The van der Waals surface area contributed by atoms with Crippen LogP contribution in [0.25, 0.3) is 0 Å². The Morgan fingerprint density at radius 3 is 2.30 bits per heavy atom. The summed E-state index contributed by atoms with van der Waals surface area (Å²) in [6.07, 6.45) is 0. The number of aromatic carboxylic acids is 1. The van der Waals surface area contributed by atoms with Crippen molar-refractivity contribution in [1.29, 1.82) is 0 Å². The number of halogens is 1. The van der Waals surface area contributed by atoms with Crippen molar-refractivity contribution >= 4 is 27.6 Å². The molecule has 9 heteroatoms. The van der Waals surface area contributed by atoms with Gasteiger partial charge in [-0.3, -0.25) is 0 Å². The first-order valence-electron chi connectivity index (χ1n) is 5.44. The topological polar surface area (TPSA) is 124 Å². The predicted molar refractivity (Wildman–Crippen MR) is 71.3 cm³/mol. The van der Waals surface area contributed by atoms with Crippen molar-refractivity contribution in [2.45, 2.75) is 17.4 Å². The van der Waals surface area contributed by atoms with E-state index in [9.17, 15) is 13.2 Å². The van der Waals surface area contributed by atoms with Gasteiger partial charge < -0.3 is 15.3 Å². The zero-order valence-electron chi connectivity index (χ0n) is 10.5. The van der Waals surface area contributed by atoms with Crippen molar-refractivity contribution in [3.05, 3.63) is 28.8 Å². The Balaban J connectivity index is 3.17. The van der Waals surface area contributed by atoms with Crippen molar-refractivity contribution in [2.24, 2.45) is 0 Å². The average Bonchev–Trinajstić information content (AvgIpc) is 2.37. The third kappa shape index (κ3) is 3.68. The highest BCUT2D eigenvalue weighted by atomic mass is 35.5. The first-order valence-corrected chi connectivity index (χ1v) is 7.30. The Kier molecular flexibility index (Phi) is 5.11. The predicted octanol–water partition coefficient (Wildman–Crippen LogP) is 0.0598. The minimum atomic E-state index is -4.05. The number of benzene rings is 1. The molecule has 0 atom stereocenters. The van der Waals surface area contributed by atoms with Gasteiger partial charge in [-0.1, -0.05) is 11.6 Å². The molecule has 0 unspecified atom stereocenters. The Bertz CT molecular complexity index is 611. The maximum atomic E-state index is 12.1. The molecule has 0 amide bonds. The second-order valence-corrected chi connectivity index (χ2v) is 6.52. The van der Waals surface area contributed by atoms with E-state index in [0.717, 1.165) is 18.2 Å². The summed E-state index contributed by atoms with van der Waals surface area (Å²) < 4.78 is 26.2. The molecule has 0 aliphatic heterocycles. The van der Waals surface area contributed by atoms with Gasteiger partial charge in [0.25, 0.3) is 0 Å². The summed E-state index contributed by atoms with van der Waals surface area (Å²) in [5, 5.41) is 26.7. The highest BCUT2D eigenvalue weighted by Crippen LogP contribution is 2.22. The number of carboxylic acid groups (broad SMARTS) is 1. The third-order valence-electron chi connectivity index (χ3n) is 2.56. The van der Waals surface area contributed by atoms with Crippen molar-refractivity contribution in [1.82, 2.24) is 4.72 Å². The number of carboxylic acids is 1. The molecule has 0 bridgehead atoms. The number of nitrogens with one attached hydrogen (secondary N) is 1. The average molecular weight is 324 g/mol. The zero-order valence-corrected chi connectivity index (χ0v) is 12.1.